The lowest BCUT2D eigenvalue weighted by Crippen LogP contribution is -2.51. The number of hydrogen-bond acceptors (Lipinski definition) is 3. The van der Waals surface area contributed by atoms with Crippen molar-refractivity contribution in [3.63, 3.8) is 0 Å². The van der Waals surface area contributed by atoms with Gasteiger partial charge in [0, 0.05) is 10.9 Å². The monoisotopic (exact) mass is 307 g/mol. The van der Waals surface area contributed by atoms with Gasteiger partial charge in [0.15, 0.2) is 0 Å². The molecule has 0 radical (unpaired) electrons. The zero-order chi connectivity index (χ0) is 15.3. The fraction of sp³-hybridized carbons (Fsp3) is 0.706. The van der Waals surface area contributed by atoms with Gasteiger partial charge >= 0.3 is 5.97 Å². The summed E-state index contributed by atoms with van der Waals surface area (Å²) in [5.41, 5.74) is 0.573. The van der Waals surface area contributed by atoms with Crippen LogP contribution in [0.5, 0.6) is 0 Å². The van der Waals surface area contributed by atoms with E-state index in [4.69, 9.17) is 0 Å². The molecule has 0 aromatic carbocycles. The van der Waals surface area contributed by atoms with Crippen LogP contribution < -0.4 is 5.32 Å². The topological polar surface area (TPSA) is 49.3 Å². The molecule has 2 unspecified atom stereocenters. The van der Waals surface area contributed by atoms with Gasteiger partial charge in [0.05, 0.1) is 12.5 Å². The third kappa shape index (κ3) is 2.53. The fourth-order valence-corrected chi connectivity index (χ4v) is 5.61. The Morgan fingerprint density at radius 1 is 1.52 bits per heavy atom. The largest absolute Gasteiger partial charge is 0.481 e. The molecule has 2 saturated carbocycles. The minimum Gasteiger partial charge on any atom is -0.481 e. The number of rotatable bonds is 5. The van der Waals surface area contributed by atoms with Gasteiger partial charge in [-0.1, -0.05) is 26.8 Å². The van der Waals surface area contributed by atoms with Gasteiger partial charge in [-0.3, -0.25) is 4.79 Å². The lowest BCUT2D eigenvalue weighted by molar-refractivity contribution is -0.137. The predicted octanol–water partition coefficient (Wildman–Crippen LogP) is 4.07. The molecule has 4 heteroatoms. The summed E-state index contributed by atoms with van der Waals surface area (Å²) >= 11 is 1.65. The van der Waals surface area contributed by atoms with Gasteiger partial charge in [-0.25, -0.2) is 0 Å². The second-order valence-corrected chi connectivity index (χ2v) is 8.66. The zero-order valence-electron chi connectivity index (χ0n) is 13.1. The quantitative estimate of drug-likeness (QED) is 0.862. The molecule has 2 aliphatic carbocycles. The van der Waals surface area contributed by atoms with Gasteiger partial charge in [-0.15, -0.1) is 11.3 Å². The van der Waals surface area contributed by atoms with Crippen molar-refractivity contribution >= 4 is 17.3 Å². The highest BCUT2D eigenvalue weighted by molar-refractivity contribution is 7.10. The normalized spacial score (nSPS) is 35.0. The van der Waals surface area contributed by atoms with E-state index in [9.17, 15) is 9.90 Å². The van der Waals surface area contributed by atoms with Gasteiger partial charge in [-0.05, 0) is 47.5 Å². The Morgan fingerprint density at radius 2 is 2.29 bits per heavy atom. The van der Waals surface area contributed by atoms with Crippen molar-refractivity contribution in [2.45, 2.75) is 58.5 Å². The number of aliphatic carboxylic acids is 1. The average Bonchev–Trinajstić information content (AvgIpc) is 3.05. The standard InChI is InChI=1S/C17H25NO2S/c1-16(2)11-6-7-17(3,10-11)15(16)18-12(9-14(19)20)13-5-4-8-21-13/h4-5,8,11-12,15,18H,6-7,9-10H2,1-3H3,(H,19,20)/t11-,12?,15?,17+/m0/s1. The van der Waals surface area contributed by atoms with Gasteiger partial charge in [0.2, 0.25) is 0 Å². The summed E-state index contributed by atoms with van der Waals surface area (Å²) in [6.45, 7) is 7.09. The summed E-state index contributed by atoms with van der Waals surface area (Å²) in [4.78, 5) is 12.4. The van der Waals surface area contributed by atoms with Crippen LogP contribution in [0.1, 0.15) is 57.4 Å². The van der Waals surface area contributed by atoms with Crippen LogP contribution in [-0.2, 0) is 4.79 Å². The third-order valence-electron chi connectivity index (χ3n) is 5.90. The molecule has 1 aromatic rings. The lowest BCUT2D eigenvalue weighted by Gasteiger charge is -2.45. The van der Waals surface area contributed by atoms with E-state index in [1.54, 1.807) is 11.3 Å². The molecule has 0 spiro atoms. The van der Waals surface area contributed by atoms with E-state index in [1.807, 2.05) is 17.5 Å². The number of fused-ring (bicyclic) bond motifs is 2. The summed E-state index contributed by atoms with van der Waals surface area (Å²) in [6.07, 6.45) is 4.03. The number of carboxylic acid groups (broad SMARTS) is 1. The van der Waals surface area contributed by atoms with Crippen LogP contribution >= 0.6 is 11.3 Å². The third-order valence-corrected chi connectivity index (χ3v) is 6.89. The first-order valence-corrected chi connectivity index (χ1v) is 8.72. The number of carbonyl (C=O) groups is 1. The number of hydrogen-bond donors (Lipinski definition) is 2. The van der Waals surface area contributed by atoms with Gasteiger partial charge in [0.1, 0.15) is 0 Å². The molecule has 0 aliphatic heterocycles. The number of thiophene rings is 1. The molecule has 2 N–H and O–H groups in total. The van der Waals surface area contributed by atoms with Gasteiger partial charge in [0.25, 0.3) is 0 Å². The second-order valence-electron chi connectivity index (χ2n) is 7.68. The van der Waals surface area contributed by atoms with Crippen molar-refractivity contribution in [2.24, 2.45) is 16.7 Å². The van der Waals surface area contributed by atoms with Crippen LogP contribution in [0.4, 0.5) is 0 Å². The highest BCUT2D eigenvalue weighted by Crippen LogP contribution is 2.62. The summed E-state index contributed by atoms with van der Waals surface area (Å²) in [6, 6.07) is 4.39. The summed E-state index contributed by atoms with van der Waals surface area (Å²) in [7, 11) is 0. The van der Waals surface area contributed by atoms with Crippen molar-refractivity contribution in [3.8, 4) is 0 Å². The predicted molar refractivity (Wildman–Crippen MR) is 85.5 cm³/mol. The van der Waals surface area contributed by atoms with E-state index < -0.39 is 5.97 Å². The maximum absolute atomic E-state index is 11.2. The SMILES string of the molecule is CC1(C)C(NC(CC(=O)O)c2cccs2)[C@]2(C)CC[C@H]1C2. The summed E-state index contributed by atoms with van der Waals surface area (Å²) in [5, 5.41) is 15.0. The van der Waals surface area contributed by atoms with Gasteiger partial charge in [-0.2, -0.15) is 0 Å². The Bertz CT molecular complexity index is 520. The molecule has 116 valence electrons. The van der Waals surface area contributed by atoms with Crippen molar-refractivity contribution in [1.29, 1.82) is 0 Å². The second kappa shape index (κ2) is 5.10. The molecule has 2 fully saturated rings. The van der Waals surface area contributed by atoms with Crippen molar-refractivity contribution in [3.05, 3.63) is 22.4 Å². The van der Waals surface area contributed by atoms with E-state index in [0.29, 0.717) is 11.5 Å². The Labute approximate surface area is 130 Å². The minimum absolute atomic E-state index is 0.0667. The van der Waals surface area contributed by atoms with Crippen LogP contribution in [0.2, 0.25) is 0 Å². The maximum atomic E-state index is 11.2. The van der Waals surface area contributed by atoms with Crippen LogP contribution in [0, 0.1) is 16.7 Å². The Balaban J connectivity index is 1.84. The van der Waals surface area contributed by atoms with Crippen LogP contribution in [0.3, 0.4) is 0 Å². The van der Waals surface area contributed by atoms with Crippen LogP contribution in [-0.4, -0.2) is 17.1 Å². The van der Waals surface area contributed by atoms with Crippen molar-refractivity contribution in [2.75, 3.05) is 0 Å². The summed E-state index contributed by atoms with van der Waals surface area (Å²) < 4.78 is 0. The van der Waals surface area contributed by atoms with Crippen molar-refractivity contribution in [1.82, 2.24) is 5.32 Å². The smallest absolute Gasteiger partial charge is 0.305 e. The molecule has 3 rings (SSSR count). The summed E-state index contributed by atoms with van der Waals surface area (Å²) in [5.74, 6) is 0.0424. The molecule has 4 atom stereocenters. The van der Waals surface area contributed by atoms with E-state index in [-0.39, 0.29) is 17.9 Å². The van der Waals surface area contributed by atoms with E-state index in [2.05, 4.69) is 26.1 Å². The highest BCUT2D eigenvalue weighted by atomic mass is 32.1. The molecule has 1 aromatic heterocycles. The van der Waals surface area contributed by atoms with Crippen LogP contribution in [0.25, 0.3) is 0 Å². The highest BCUT2D eigenvalue weighted by Gasteiger charge is 2.59. The van der Waals surface area contributed by atoms with E-state index in [0.717, 1.165) is 10.8 Å². The fourth-order valence-electron chi connectivity index (χ4n) is 4.82. The van der Waals surface area contributed by atoms with Crippen molar-refractivity contribution < 1.29 is 9.90 Å². The zero-order valence-corrected chi connectivity index (χ0v) is 13.9. The number of carboxylic acids is 1. The lowest BCUT2D eigenvalue weighted by atomic mass is 9.68. The molecule has 21 heavy (non-hydrogen) atoms. The van der Waals surface area contributed by atoms with Crippen LogP contribution in [0.15, 0.2) is 17.5 Å². The van der Waals surface area contributed by atoms with Gasteiger partial charge < -0.3 is 10.4 Å². The minimum atomic E-state index is -0.730. The molecule has 1 heterocycles. The molecule has 2 bridgehead atoms. The van der Waals surface area contributed by atoms with E-state index >= 15 is 0 Å². The van der Waals surface area contributed by atoms with E-state index in [1.165, 1.54) is 19.3 Å². The Morgan fingerprint density at radius 3 is 2.81 bits per heavy atom. The average molecular weight is 307 g/mol. The number of nitrogens with one attached hydrogen (secondary N) is 1. The molecule has 3 nitrogen and oxygen atoms in total. The first kappa shape index (κ1) is 15.0. The first-order chi connectivity index (χ1) is 9.83. The Hall–Kier alpha value is -0.870. The molecular weight excluding hydrogens is 282 g/mol. The maximum Gasteiger partial charge on any atom is 0.305 e. The molecular formula is C17H25NO2S. The Kier molecular flexibility index (Phi) is 3.65. The molecule has 0 amide bonds. The first-order valence-electron chi connectivity index (χ1n) is 7.84. The molecule has 0 saturated heterocycles. The molecule has 2 aliphatic rings.